The molecule has 5 nitrogen and oxygen atoms in total. The lowest BCUT2D eigenvalue weighted by atomic mass is 10.2. The first-order valence-corrected chi connectivity index (χ1v) is 4.41. The Morgan fingerprint density at radius 3 is 3.08 bits per heavy atom. The number of nitrogens with two attached hydrogens (primary N) is 1. The molecule has 1 aliphatic heterocycles. The van der Waals surface area contributed by atoms with Crippen molar-refractivity contribution in [1.29, 1.82) is 0 Å². The fourth-order valence-electron chi connectivity index (χ4n) is 1.42. The summed E-state index contributed by atoms with van der Waals surface area (Å²) in [6.45, 7) is 3.36. The van der Waals surface area contributed by atoms with Crippen LogP contribution in [-0.4, -0.2) is 42.4 Å². The standard InChI is InChI=1S/C8H15N3O2/c1-6-8(13)10-3-2-4-11(6)5-7(9)12/h6H,2-5H2,1H3,(H2,9,12)(H,10,13). The van der Waals surface area contributed by atoms with E-state index in [0.717, 1.165) is 13.0 Å². The van der Waals surface area contributed by atoms with Crippen LogP contribution >= 0.6 is 0 Å². The van der Waals surface area contributed by atoms with Gasteiger partial charge in [-0.1, -0.05) is 0 Å². The van der Waals surface area contributed by atoms with E-state index in [1.165, 1.54) is 0 Å². The predicted molar refractivity (Wildman–Crippen MR) is 47.9 cm³/mol. The fraction of sp³-hybridized carbons (Fsp3) is 0.750. The second-order valence-electron chi connectivity index (χ2n) is 3.26. The lowest BCUT2D eigenvalue weighted by Crippen LogP contribution is -2.45. The molecule has 3 N–H and O–H groups in total. The molecule has 1 fully saturated rings. The maximum Gasteiger partial charge on any atom is 0.237 e. The van der Waals surface area contributed by atoms with Crippen molar-refractivity contribution >= 4 is 11.8 Å². The molecule has 0 spiro atoms. The molecule has 1 saturated heterocycles. The van der Waals surface area contributed by atoms with Crippen molar-refractivity contribution in [1.82, 2.24) is 10.2 Å². The summed E-state index contributed by atoms with van der Waals surface area (Å²) in [6.07, 6.45) is 0.864. The van der Waals surface area contributed by atoms with Gasteiger partial charge in [0.25, 0.3) is 0 Å². The zero-order chi connectivity index (χ0) is 9.84. The van der Waals surface area contributed by atoms with Gasteiger partial charge in [-0.3, -0.25) is 14.5 Å². The third-order valence-corrected chi connectivity index (χ3v) is 2.21. The van der Waals surface area contributed by atoms with E-state index < -0.39 is 0 Å². The highest BCUT2D eigenvalue weighted by Crippen LogP contribution is 2.03. The van der Waals surface area contributed by atoms with Crippen LogP contribution in [0.25, 0.3) is 0 Å². The minimum Gasteiger partial charge on any atom is -0.369 e. The van der Waals surface area contributed by atoms with Crippen LogP contribution < -0.4 is 11.1 Å². The summed E-state index contributed by atoms with van der Waals surface area (Å²) in [5.74, 6) is -0.416. The van der Waals surface area contributed by atoms with Gasteiger partial charge in [0.2, 0.25) is 11.8 Å². The molecule has 0 aliphatic carbocycles. The Labute approximate surface area is 77.3 Å². The van der Waals surface area contributed by atoms with E-state index >= 15 is 0 Å². The number of primary amides is 1. The first kappa shape index (κ1) is 9.98. The SMILES string of the molecule is CC1C(=O)NCCCN1CC(N)=O. The monoisotopic (exact) mass is 185 g/mol. The number of amides is 2. The Morgan fingerprint density at radius 2 is 2.46 bits per heavy atom. The summed E-state index contributed by atoms with van der Waals surface area (Å²) < 4.78 is 0. The maximum absolute atomic E-state index is 11.3. The number of rotatable bonds is 2. The van der Waals surface area contributed by atoms with Crippen molar-refractivity contribution in [2.45, 2.75) is 19.4 Å². The van der Waals surface area contributed by atoms with Crippen molar-refractivity contribution in [3.05, 3.63) is 0 Å². The Bertz CT molecular complexity index is 217. The van der Waals surface area contributed by atoms with Gasteiger partial charge < -0.3 is 11.1 Å². The van der Waals surface area contributed by atoms with E-state index in [2.05, 4.69) is 5.32 Å². The molecular weight excluding hydrogens is 170 g/mol. The lowest BCUT2D eigenvalue weighted by Gasteiger charge is -2.23. The van der Waals surface area contributed by atoms with Crippen LogP contribution in [0.1, 0.15) is 13.3 Å². The van der Waals surface area contributed by atoms with Gasteiger partial charge in [0, 0.05) is 13.1 Å². The van der Waals surface area contributed by atoms with E-state index in [9.17, 15) is 9.59 Å². The summed E-state index contributed by atoms with van der Waals surface area (Å²) in [7, 11) is 0. The van der Waals surface area contributed by atoms with E-state index in [-0.39, 0.29) is 24.4 Å². The Morgan fingerprint density at radius 1 is 1.77 bits per heavy atom. The molecule has 5 heteroatoms. The summed E-state index contributed by atoms with van der Waals surface area (Å²) >= 11 is 0. The third kappa shape index (κ3) is 2.69. The summed E-state index contributed by atoms with van der Waals surface area (Å²) in [6, 6.07) is -0.255. The predicted octanol–water partition coefficient (Wildman–Crippen LogP) is -1.32. The molecule has 0 bridgehead atoms. The van der Waals surface area contributed by atoms with Gasteiger partial charge in [-0.25, -0.2) is 0 Å². The first-order chi connectivity index (χ1) is 6.11. The minimum absolute atomic E-state index is 0.0289. The van der Waals surface area contributed by atoms with Gasteiger partial charge >= 0.3 is 0 Å². The molecule has 1 rings (SSSR count). The van der Waals surface area contributed by atoms with Crippen molar-refractivity contribution in [3.8, 4) is 0 Å². The number of nitrogens with one attached hydrogen (secondary N) is 1. The summed E-state index contributed by atoms with van der Waals surface area (Å²) in [5, 5.41) is 2.76. The molecule has 0 aromatic rings. The molecule has 1 unspecified atom stereocenters. The average molecular weight is 185 g/mol. The second-order valence-corrected chi connectivity index (χ2v) is 3.26. The van der Waals surface area contributed by atoms with Gasteiger partial charge in [0.1, 0.15) is 0 Å². The zero-order valence-electron chi connectivity index (χ0n) is 7.75. The van der Waals surface area contributed by atoms with Crippen molar-refractivity contribution < 1.29 is 9.59 Å². The number of carbonyl (C=O) groups is 2. The van der Waals surface area contributed by atoms with Gasteiger partial charge in [0.05, 0.1) is 12.6 Å². The summed E-state index contributed by atoms with van der Waals surface area (Å²) in [5.41, 5.74) is 5.07. The largest absolute Gasteiger partial charge is 0.369 e. The van der Waals surface area contributed by atoms with Gasteiger partial charge in [-0.2, -0.15) is 0 Å². The Balaban J connectivity index is 2.59. The molecule has 13 heavy (non-hydrogen) atoms. The maximum atomic E-state index is 11.3. The first-order valence-electron chi connectivity index (χ1n) is 4.41. The molecule has 1 aliphatic rings. The van der Waals surface area contributed by atoms with Crippen molar-refractivity contribution in [2.75, 3.05) is 19.6 Å². The van der Waals surface area contributed by atoms with Crippen molar-refractivity contribution in [2.24, 2.45) is 5.73 Å². The molecule has 0 aromatic carbocycles. The molecule has 1 atom stereocenters. The van der Waals surface area contributed by atoms with Gasteiger partial charge in [0.15, 0.2) is 0 Å². The molecule has 0 aromatic heterocycles. The van der Waals surface area contributed by atoms with Crippen LogP contribution in [0, 0.1) is 0 Å². The molecule has 2 amide bonds. The zero-order valence-corrected chi connectivity index (χ0v) is 7.75. The van der Waals surface area contributed by atoms with Crippen LogP contribution in [0.4, 0.5) is 0 Å². The number of hydrogen-bond acceptors (Lipinski definition) is 3. The highest BCUT2D eigenvalue weighted by atomic mass is 16.2. The summed E-state index contributed by atoms with van der Waals surface area (Å²) in [4.78, 5) is 23.8. The lowest BCUT2D eigenvalue weighted by molar-refractivity contribution is -0.126. The van der Waals surface area contributed by atoms with E-state index in [0.29, 0.717) is 6.54 Å². The second kappa shape index (κ2) is 4.23. The van der Waals surface area contributed by atoms with E-state index in [1.807, 2.05) is 0 Å². The minimum atomic E-state index is -0.387. The highest BCUT2D eigenvalue weighted by molar-refractivity contribution is 5.83. The highest BCUT2D eigenvalue weighted by Gasteiger charge is 2.24. The normalized spacial score (nSPS) is 25.0. The quantitative estimate of drug-likeness (QED) is 0.560. The number of nitrogens with zero attached hydrogens (tertiary/aromatic N) is 1. The van der Waals surface area contributed by atoms with Gasteiger partial charge in [-0.15, -0.1) is 0 Å². The number of carbonyl (C=O) groups excluding carboxylic acids is 2. The Hall–Kier alpha value is -1.10. The molecular formula is C8H15N3O2. The van der Waals surface area contributed by atoms with Crippen LogP contribution in [0.3, 0.4) is 0 Å². The molecule has 0 radical (unpaired) electrons. The third-order valence-electron chi connectivity index (χ3n) is 2.21. The molecule has 74 valence electrons. The van der Waals surface area contributed by atoms with Crippen LogP contribution in [0.5, 0.6) is 0 Å². The fourth-order valence-corrected chi connectivity index (χ4v) is 1.42. The average Bonchev–Trinajstić information content (AvgIpc) is 2.19. The molecule has 1 heterocycles. The van der Waals surface area contributed by atoms with E-state index in [4.69, 9.17) is 5.73 Å². The van der Waals surface area contributed by atoms with Crippen LogP contribution in [0.2, 0.25) is 0 Å². The topological polar surface area (TPSA) is 75.4 Å². The van der Waals surface area contributed by atoms with Crippen LogP contribution in [0.15, 0.2) is 0 Å². The smallest absolute Gasteiger partial charge is 0.237 e. The molecule has 0 saturated carbocycles. The van der Waals surface area contributed by atoms with Crippen LogP contribution in [-0.2, 0) is 9.59 Å². The Kier molecular flexibility index (Phi) is 3.25. The number of hydrogen-bond donors (Lipinski definition) is 2. The van der Waals surface area contributed by atoms with Gasteiger partial charge in [-0.05, 0) is 13.3 Å². The van der Waals surface area contributed by atoms with Crippen molar-refractivity contribution in [3.63, 3.8) is 0 Å². The van der Waals surface area contributed by atoms with E-state index in [1.54, 1.807) is 11.8 Å².